The molecule has 6 heteroatoms. The van der Waals surface area contributed by atoms with Gasteiger partial charge in [-0.15, -0.1) is 11.3 Å². The zero-order chi connectivity index (χ0) is 16.9. The molecule has 0 spiro atoms. The molecule has 124 valence electrons. The summed E-state index contributed by atoms with van der Waals surface area (Å²) in [7, 11) is 0. The minimum atomic E-state index is -0.585. The average molecular weight is 341 g/mol. The van der Waals surface area contributed by atoms with Gasteiger partial charge in [-0.25, -0.2) is 0 Å². The summed E-state index contributed by atoms with van der Waals surface area (Å²) in [6, 6.07) is 13.9. The fourth-order valence-corrected chi connectivity index (χ4v) is 3.09. The van der Waals surface area contributed by atoms with Gasteiger partial charge in [0.1, 0.15) is 5.69 Å². The number of rotatable bonds is 6. The Morgan fingerprint density at radius 1 is 1.29 bits per heavy atom. The Bertz CT molecular complexity index is 795. The van der Waals surface area contributed by atoms with Crippen LogP contribution in [0.3, 0.4) is 0 Å². The second-order valence-corrected chi connectivity index (χ2v) is 6.56. The minimum absolute atomic E-state index is 0.215. The number of nitrogens with zero attached hydrogens (tertiary/aromatic N) is 2. The number of aliphatic hydroxyl groups excluding tert-OH is 1. The lowest BCUT2D eigenvalue weighted by molar-refractivity contribution is 0.0924. The number of aromatic nitrogens is 2. The summed E-state index contributed by atoms with van der Waals surface area (Å²) >= 11 is 1.55. The fraction of sp³-hybridized carbons (Fsp3) is 0.222. The number of benzene rings is 1. The third-order valence-corrected chi connectivity index (χ3v) is 4.38. The lowest BCUT2D eigenvalue weighted by Crippen LogP contribution is -2.30. The molecule has 2 heterocycles. The molecule has 0 radical (unpaired) electrons. The number of carbonyl (C=O) groups is 1. The third kappa shape index (κ3) is 3.90. The van der Waals surface area contributed by atoms with Crippen molar-refractivity contribution in [2.45, 2.75) is 19.6 Å². The molecule has 2 aromatic heterocycles. The Labute approximate surface area is 144 Å². The highest BCUT2D eigenvalue weighted by Gasteiger charge is 2.19. The predicted octanol–water partition coefficient (Wildman–Crippen LogP) is 2.77. The van der Waals surface area contributed by atoms with Crippen LogP contribution in [0.15, 0.2) is 54.0 Å². The number of thiophene rings is 1. The van der Waals surface area contributed by atoms with Crippen molar-refractivity contribution in [2.24, 2.45) is 0 Å². The van der Waals surface area contributed by atoms with E-state index < -0.39 is 6.10 Å². The molecule has 0 aliphatic heterocycles. The molecular formula is C18H19N3O2S. The van der Waals surface area contributed by atoms with Gasteiger partial charge in [0.05, 0.1) is 23.1 Å². The summed E-state index contributed by atoms with van der Waals surface area (Å²) in [4.78, 5) is 13.4. The van der Waals surface area contributed by atoms with Crippen LogP contribution in [0.5, 0.6) is 0 Å². The Morgan fingerprint density at radius 2 is 2.08 bits per heavy atom. The van der Waals surface area contributed by atoms with Crippen molar-refractivity contribution in [2.75, 3.05) is 6.54 Å². The van der Waals surface area contributed by atoms with E-state index in [0.717, 1.165) is 10.4 Å². The smallest absolute Gasteiger partial charge is 0.255 e. The Hall–Kier alpha value is -2.44. The second-order valence-electron chi connectivity index (χ2n) is 5.61. The van der Waals surface area contributed by atoms with E-state index in [4.69, 9.17) is 0 Å². The molecule has 5 nitrogen and oxygen atoms in total. The summed E-state index contributed by atoms with van der Waals surface area (Å²) in [6.45, 7) is 2.45. The van der Waals surface area contributed by atoms with E-state index in [-0.39, 0.29) is 12.5 Å². The van der Waals surface area contributed by atoms with Crippen LogP contribution in [0.4, 0.5) is 0 Å². The summed E-state index contributed by atoms with van der Waals surface area (Å²) in [5.41, 5.74) is 2.31. The molecule has 1 atom stereocenters. The molecule has 24 heavy (non-hydrogen) atoms. The SMILES string of the molecule is CC(O)CNC(=O)c1cn(Cc2ccccc2)nc1-c1cccs1. The second kappa shape index (κ2) is 7.42. The summed E-state index contributed by atoms with van der Waals surface area (Å²) in [5, 5.41) is 18.7. The highest BCUT2D eigenvalue weighted by molar-refractivity contribution is 7.13. The molecule has 0 aliphatic carbocycles. The zero-order valence-electron chi connectivity index (χ0n) is 13.3. The maximum atomic E-state index is 12.5. The fourth-order valence-electron chi connectivity index (χ4n) is 2.37. The number of carbonyl (C=O) groups excluding carboxylic acids is 1. The van der Waals surface area contributed by atoms with Gasteiger partial charge >= 0.3 is 0 Å². The topological polar surface area (TPSA) is 67.2 Å². The van der Waals surface area contributed by atoms with Crippen LogP contribution in [0.1, 0.15) is 22.8 Å². The quantitative estimate of drug-likeness (QED) is 0.724. The number of hydrogen-bond acceptors (Lipinski definition) is 4. The van der Waals surface area contributed by atoms with Gasteiger partial charge in [0.25, 0.3) is 5.91 Å². The largest absolute Gasteiger partial charge is 0.392 e. The first-order valence-electron chi connectivity index (χ1n) is 7.75. The van der Waals surface area contributed by atoms with Crippen molar-refractivity contribution >= 4 is 17.2 Å². The summed E-state index contributed by atoms with van der Waals surface area (Å²) in [5.74, 6) is -0.224. The van der Waals surface area contributed by atoms with Crippen LogP contribution in [0.2, 0.25) is 0 Å². The number of nitrogens with one attached hydrogen (secondary N) is 1. The maximum Gasteiger partial charge on any atom is 0.255 e. The normalized spacial score (nSPS) is 12.1. The Morgan fingerprint density at radius 3 is 2.75 bits per heavy atom. The van der Waals surface area contributed by atoms with E-state index in [1.807, 2.05) is 47.8 Å². The zero-order valence-corrected chi connectivity index (χ0v) is 14.2. The van der Waals surface area contributed by atoms with Crippen molar-refractivity contribution in [3.05, 3.63) is 65.2 Å². The van der Waals surface area contributed by atoms with Crippen LogP contribution >= 0.6 is 11.3 Å². The molecule has 0 fully saturated rings. The van der Waals surface area contributed by atoms with Crippen molar-refractivity contribution < 1.29 is 9.90 Å². The Kier molecular flexibility index (Phi) is 5.08. The standard InChI is InChI=1S/C18H19N3O2S/c1-13(22)10-19-18(23)15-12-21(11-14-6-3-2-4-7-14)20-17(15)16-8-5-9-24-16/h2-9,12-13,22H,10-11H2,1H3,(H,19,23). The maximum absolute atomic E-state index is 12.5. The van der Waals surface area contributed by atoms with E-state index >= 15 is 0 Å². The highest BCUT2D eigenvalue weighted by Crippen LogP contribution is 2.27. The lowest BCUT2D eigenvalue weighted by Gasteiger charge is -2.06. The highest BCUT2D eigenvalue weighted by atomic mass is 32.1. The number of amides is 1. The average Bonchev–Trinajstić information content (AvgIpc) is 3.22. The lowest BCUT2D eigenvalue weighted by atomic mass is 10.2. The minimum Gasteiger partial charge on any atom is -0.392 e. The molecule has 3 rings (SSSR count). The molecule has 3 aromatic rings. The monoisotopic (exact) mass is 341 g/mol. The Balaban J connectivity index is 1.89. The summed E-state index contributed by atoms with van der Waals surface area (Å²) < 4.78 is 1.78. The van der Waals surface area contributed by atoms with Gasteiger partial charge < -0.3 is 10.4 Å². The molecule has 2 N–H and O–H groups in total. The van der Waals surface area contributed by atoms with E-state index in [0.29, 0.717) is 17.8 Å². The van der Waals surface area contributed by atoms with Crippen LogP contribution in [-0.2, 0) is 6.54 Å². The summed E-state index contributed by atoms with van der Waals surface area (Å²) in [6.07, 6.45) is 1.18. The van der Waals surface area contributed by atoms with E-state index in [1.54, 1.807) is 29.1 Å². The van der Waals surface area contributed by atoms with E-state index in [2.05, 4.69) is 10.4 Å². The van der Waals surface area contributed by atoms with Gasteiger partial charge in [-0.1, -0.05) is 36.4 Å². The van der Waals surface area contributed by atoms with Crippen LogP contribution in [-0.4, -0.2) is 33.4 Å². The van der Waals surface area contributed by atoms with E-state index in [9.17, 15) is 9.90 Å². The van der Waals surface area contributed by atoms with Crippen molar-refractivity contribution in [1.29, 1.82) is 0 Å². The first-order chi connectivity index (χ1) is 11.6. The molecule has 1 aromatic carbocycles. The van der Waals surface area contributed by atoms with Gasteiger partial charge in [0, 0.05) is 12.7 Å². The molecule has 1 amide bonds. The van der Waals surface area contributed by atoms with Gasteiger partial charge in [-0.05, 0) is 23.9 Å². The first kappa shape index (κ1) is 16.4. The van der Waals surface area contributed by atoms with Gasteiger partial charge in [0.15, 0.2) is 0 Å². The third-order valence-electron chi connectivity index (χ3n) is 3.51. The number of hydrogen-bond donors (Lipinski definition) is 2. The van der Waals surface area contributed by atoms with Crippen molar-refractivity contribution in [3.8, 4) is 10.6 Å². The van der Waals surface area contributed by atoms with Crippen LogP contribution < -0.4 is 5.32 Å². The van der Waals surface area contributed by atoms with Gasteiger partial charge in [-0.3, -0.25) is 9.48 Å². The van der Waals surface area contributed by atoms with Crippen molar-refractivity contribution in [3.63, 3.8) is 0 Å². The molecule has 0 bridgehead atoms. The molecule has 0 aliphatic rings. The van der Waals surface area contributed by atoms with Crippen LogP contribution in [0, 0.1) is 0 Å². The van der Waals surface area contributed by atoms with Crippen molar-refractivity contribution in [1.82, 2.24) is 15.1 Å². The van der Waals surface area contributed by atoms with E-state index in [1.165, 1.54) is 0 Å². The molecule has 0 saturated carbocycles. The van der Waals surface area contributed by atoms with Gasteiger partial charge in [0.2, 0.25) is 0 Å². The first-order valence-corrected chi connectivity index (χ1v) is 8.63. The molecule has 1 unspecified atom stereocenters. The molecular weight excluding hydrogens is 322 g/mol. The number of aliphatic hydroxyl groups is 1. The molecule has 0 saturated heterocycles. The predicted molar refractivity (Wildman–Crippen MR) is 95.1 cm³/mol. The van der Waals surface area contributed by atoms with Crippen LogP contribution in [0.25, 0.3) is 10.6 Å². The van der Waals surface area contributed by atoms with Gasteiger partial charge in [-0.2, -0.15) is 5.10 Å².